The van der Waals surface area contributed by atoms with Crippen molar-refractivity contribution in [2.75, 3.05) is 49.0 Å². The van der Waals surface area contributed by atoms with Gasteiger partial charge in [0, 0.05) is 21.3 Å². The summed E-state index contributed by atoms with van der Waals surface area (Å²) in [6, 6.07) is 1.17. The number of quaternary nitrogens is 1. The van der Waals surface area contributed by atoms with Crippen molar-refractivity contribution >= 4 is 9.52 Å². The molecular weight excluding hydrogens is 246 g/mol. The van der Waals surface area contributed by atoms with Crippen molar-refractivity contribution in [3.63, 3.8) is 0 Å². The Kier molecular flexibility index (Phi) is 9.87. The van der Waals surface area contributed by atoms with Crippen molar-refractivity contribution < 1.29 is 31.1 Å². The first-order valence-electron chi connectivity index (χ1n) is 5.35. The summed E-state index contributed by atoms with van der Waals surface area (Å²) < 4.78 is 16.9. The van der Waals surface area contributed by atoms with Gasteiger partial charge in [0.1, 0.15) is 9.52 Å². The van der Waals surface area contributed by atoms with Crippen LogP contribution in [0.1, 0.15) is 6.42 Å². The zero-order valence-corrected chi connectivity index (χ0v) is 13.5. The van der Waals surface area contributed by atoms with Crippen LogP contribution in [-0.2, 0) is 14.2 Å². The van der Waals surface area contributed by atoms with Gasteiger partial charge < -0.3 is 31.1 Å². The van der Waals surface area contributed by atoms with Gasteiger partial charge in [-0.3, -0.25) is 0 Å². The molecule has 4 nitrogen and oxygen atoms in total. The summed E-state index contributed by atoms with van der Waals surface area (Å²) in [5, 5.41) is 0. The summed E-state index contributed by atoms with van der Waals surface area (Å²) in [6.45, 7) is 1.18. The first-order valence-corrected chi connectivity index (χ1v) is 7.06. The van der Waals surface area contributed by atoms with E-state index in [1.807, 2.05) is 0 Å². The van der Waals surface area contributed by atoms with Gasteiger partial charge in [-0.2, -0.15) is 0 Å². The summed E-state index contributed by atoms with van der Waals surface area (Å²) in [5.74, 6) is 0. The number of halogens is 1. The molecule has 0 spiro atoms. The Morgan fingerprint density at radius 2 is 1.44 bits per heavy atom. The van der Waals surface area contributed by atoms with Crippen LogP contribution in [0.2, 0.25) is 6.04 Å². The topological polar surface area (TPSA) is 27.7 Å². The molecule has 0 aliphatic carbocycles. The van der Waals surface area contributed by atoms with Crippen molar-refractivity contribution in [1.29, 1.82) is 0 Å². The van der Waals surface area contributed by atoms with Gasteiger partial charge in [0.25, 0.3) is 0 Å². The third-order valence-electron chi connectivity index (χ3n) is 2.49. The van der Waals surface area contributed by atoms with Gasteiger partial charge in [-0.1, -0.05) is 0 Å². The lowest BCUT2D eigenvalue weighted by atomic mass is 10.4. The SMILES string of the molecule is COC(OC)(OC)[SiH2]CCC[N+](C)(C)C.[Cl-]. The van der Waals surface area contributed by atoms with E-state index in [0.717, 1.165) is 4.48 Å². The van der Waals surface area contributed by atoms with Gasteiger partial charge in [0.05, 0.1) is 27.7 Å². The van der Waals surface area contributed by atoms with Crippen molar-refractivity contribution in [2.24, 2.45) is 0 Å². The maximum atomic E-state index is 5.28. The number of hydrogen-bond acceptors (Lipinski definition) is 3. The summed E-state index contributed by atoms with van der Waals surface area (Å²) >= 11 is 0. The maximum absolute atomic E-state index is 5.28. The Hall–Kier alpha value is 0.347. The van der Waals surface area contributed by atoms with Crippen LogP contribution in [0, 0.1) is 0 Å². The fraction of sp³-hybridized carbons (Fsp3) is 1.00. The van der Waals surface area contributed by atoms with Gasteiger partial charge in [0.15, 0.2) is 0 Å². The molecule has 0 bridgehead atoms. The summed E-state index contributed by atoms with van der Waals surface area (Å²) in [6.07, 6.45) is 1.20. The molecular formula is C10H26ClNO3Si. The molecule has 0 unspecified atom stereocenters. The third-order valence-corrected chi connectivity index (χ3v) is 4.83. The Morgan fingerprint density at radius 1 is 1.00 bits per heavy atom. The highest BCUT2D eigenvalue weighted by Crippen LogP contribution is 2.13. The van der Waals surface area contributed by atoms with E-state index >= 15 is 0 Å². The van der Waals surface area contributed by atoms with Crippen molar-refractivity contribution in [2.45, 2.75) is 18.1 Å². The van der Waals surface area contributed by atoms with Gasteiger partial charge in [-0.15, -0.1) is 0 Å². The van der Waals surface area contributed by atoms with Gasteiger partial charge in [0.2, 0.25) is 5.60 Å². The molecule has 100 valence electrons. The van der Waals surface area contributed by atoms with Gasteiger partial charge in [-0.05, 0) is 12.5 Å². The number of nitrogens with zero attached hydrogens (tertiary/aromatic N) is 1. The van der Waals surface area contributed by atoms with E-state index in [1.165, 1.54) is 19.0 Å². The molecule has 6 heteroatoms. The van der Waals surface area contributed by atoms with E-state index in [1.54, 1.807) is 21.3 Å². The minimum atomic E-state index is -0.717. The highest BCUT2D eigenvalue weighted by atomic mass is 35.5. The molecule has 0 aromatic heterocycles. The highest BCUT2D eigenvalue weighted by molar-refractivity contribution is 6.38. The van der Waals surface area contributed by atoms with Crippen LogP contribution in [0.15, 0.2) is 0 Å². The maximum Gasteiger partial charge on any atom is 0.248 e. The number of methoxy groups -OCH3 is 3. The minimum Gasteiger partial charge on any atom is -1.00 e. The number of rotatable bonds is 8. The second-order valence-corrected chi connectivity index (χ2v) is 6.84. The average Bonchev–Trinajstić information content (AvgIpc) is 2.18. The van der Waals surface area contributed by atoms with Gasteiger partial charge >= 0.3 is 0 Å². The molecule has 0 atom stereocenters. The van der Waals surface area contributed by atoms with E-state index < -0.39 is 15.1 Å². The molecule has 0 heterocycles. The van der Waals surface area contributed by atoms with E-state index in [0.29, 0.717) is 0 Å². The normalized spacial score (nSPS) is 13.1. The van der Waals surface area contributed by atoms with Crippen LogP contribution in [0.5, 0.6) is 0 Å². The molecule has 0 amide bonds. The first kappa shape index (κ1) is 18.7. The lowest BCUT2D eigenvalue weighted by Crippen LogP contribution is -3.00. The molecule has 0 radical (unpaired) electrons. The summed E-state index contributed by atoms with van der Waals surface area (Å²) in [5.41, 5.74) is -0.717. The summed E-state index contributed by atoms with van der Waals surface area (Å²) in [4.78, 5) is 0. The van der Waals surface area contributed by atoms with Crippen LogP contribution in [0.3, 0.4) is 0 Å². The molecule has 0 aliphatic heterocycles. The lowest BCUT2D eigenvalue weighted by Gasteiger charge is -2.29. The second kappa shape index (κ2) is 8.44. The Morgan fingerprint density at radius 3 is 1.75 bits per heavy atom. The quantitative estimate of drug-likeness (QED) is 0.207. The highest BCUT2D eigenvalue weighted by Gasteiger charge is 2.28. The molecule has 0 aromatic rings. The first-order chi connectivity index (χ1) is 6.89. The van der Waals surface area contributed by atoms with E-state index in [-0.39, 0.29) is 12.4 Å². The zero-order valence-electron chi connectivity index (χ0n) is 11.4. The zero-order chi connectivity index (χ0) is 11.9. The molecule has 16 heavy (non-hydrogen) atoms. The standard InChI is InChI=1S/C10H26NO3Si.ClH/c1-11(2,3)8-7-9-15-10(12-4,13-5)14-6;/h7-9,15H2,1-6H3;1H/q+1;/p-1. The Labute approximate surface area is 108 Å². The molecule has 0 aliphatic rings. The van der Waals surface area contributed by atoms with Crippen LogP contribution in [0.4, 0.5) is 0 Å². The predicted octanol–water partition coefficient (Wildman–Crippen LogP) is -2.78. The average molecular weight is 272 g/mol. The minimum absolute atomic E-state index is 0. The van der Waals surface area contributed by atoms with E-state index in [9.17, 15) is 0 Å². The molecule has 0 fully saturated rings. The van der Waals surface area contributed by atoms with Crippen LogP contribution < -0.4 is 12.4 Å². The van der Waals surface area contributed by atoms with Crippen molar-refractivity contribution in [3.05, 3.63) is 0 Å². The van der Waals surface area contributed by atoms with Gasteiger partial charge in [-0.25, -0.2) is 0 Å². The van der Waals surface area contributed by atoms with Crippen LogP contribution in [0.25, 0.3) is 0 Å². The smallest absolute Gasteiger partial charge is 0.248 e. The van der Waals surface area contributed by atoms with E-state index in [4.69, 9.17) is 14.2 Å². The Balaban J connectivity index is 0. The predicted molar refractivity (Wildman–Crippen MR) is 64.6 cm³/mol. The largest absolute Gasteiger partial charge is 1.00 e. The van der Waals surface area contributed by atoms with Crippen molar-refractivity contribution in [3.8, 4) is 0 Å². The fourth-order valence-corrected chi connectivity index (χ4v) is 3.00. The van der Waals surface area contributed by atoms with E-state index in [2.05, 4.69) is 21.1 Å². The molecule has 0 aromatic carbocycles. The second-order valence-electron chi connectivity index (χ2n) is 4.77. The lowest BCUT2D eigenvalue weighted by molar-refractivity contribution is -0.870. The van der Waals surface area contributed by atoms with Crippen LogP contribution in [-0.4, -0.2) is 68.6 Å². The monoisotopic (exact) mass is 271 g/mol. The molecule has 0 saturated heterocycles. The van der Waals surface area contributed by atoms with Crippen LogP contribution >= 0.6 is 0 Å². The Bertz CT molecular complexity index is 164. The fourth-order valence-electron chi connectivity index (χ4n) is 1.48. The van der Waals surface area contributed by atoms with Crippen molar-refractivity contribution in [1.82, 2.24) is 0 Å². The number of ether oxygens (including phenoxy) is 3. The number of hydrogen-bond donors (Lipinski definition) is 0. The molecule has 0 saturated carbocycles. The molecule has 0 rings (SSSR count). The summed E-state index contributed by atoms with van der Waals surface area (Å²) in [7, 11) is 11.0. The third kappa shape index (κ3) is 7.59. The molecule has 0 N–H and O–H groups in total.